The molecular formula is C13H15N3O3. The van der Waals surface area contributed by atoms with Gasteiger partial charge in [0.05, 0.1) is 11.5 Å². The molecule has 6 nitrogen and oxygen atoms in total. The zero-order valence-corrected chi connectivity index (χ0v) is 10.8. The van der Waals surface area contributed by atoms with Crippen LogP contribution < -0.4 is 4.90 Å². The van der Waals surface area contributed by atoms with E-state index < -0.39 is 4.92 Å². The van der Waals surface area contributed by atoms with Gasteiger partial charge in [0.1, 0.15) is 0 Å². The van der Waals surface area contributed by atoms with E-state index in [2.05, 4.69) is 4.98 Å². The van der Waals surface area contributed by atoms with Gasteiger partial charge < -0.3 is 10.0 Å². The number of rotatable bonds is 4. The summed E-state index contributed by atoms with van der Waals surface area (Å²) in [5, 5.41) is 20.8. The quantitative estimate of drug-likeness (QED) is 0.671. The van der Waals surface area contributed by atoms with Crippen LogP contribution in [-0.4, -0.2) is 35.2 Å². The second-order valence-corrected chi connectivity index (χ2v) is 4.36. The van der Waals surface area contributed by atoms with Crippen molar-refractivity contribution < 1.29 is 10.0 Å². The SMILES string of the molecule is Cc1cc(N(C)CCO)c2cccc([N+](=O)[O-])c2n1. The Labute approximate surface area is 110 Å². The van der Waals surface area contributed by atoms with Gasteiger partial charge >= 0.3 is 0 Å². The van der Waals surface area contributed by atoms with Crippen LogP contribution in [0.3, 0.4) is 0 Å². The lowest BCUT2D eigenvalue weighted by Crippen LogP contribution is -2.21. The summed E-state index contributed by atoms with van der Waals surface area (Å²) in [4.78, 5) is 16.8. The van der Waals surface area contributed by atoms with E-state index in [0.29, 0.717) is 17.8 Å². The molecule has 1 aromatic carbocycles. The maximum Gasteiger partial charge on any atom is 0.295 e. The van der Waals surface area contributed by atoms with Crippen LogP contribution in [0.4, 0.5) is 11.4 Å². The van der Waals surface area contributed by atoms with Crippen LogP contribution in [0.15, 0.2) is 24.3 Å². The van der Waals surface area contributed by atoms with Crippen LogP contribution in [0.2, 0.25) is 0 Å². The summed E-state index contributed by atoms with van der Waals surface area (Å²) in [7, 11) is 1.84. The molecule has 0 atom stereocenters. The smallest absolute Gasteiger partial charge is 0.295 e. The van der Waals surface area contributed by atoms with E-state index in [1.165, 1.54) is 6.07 Å². The summed E-state index contributed by atoms with van der Waals surface area (Å²) >= 11 is 0. The van der Waals surface area contributed by atoms with Crippen LogP contribution in [-0.2, 0) is 0 Å². The minimum absolute atomic E-state index is 0.000140. The summed E-state index contributed by atoms with van der Waals surface area (Å²) in [6, 6.07) is 6.76. The van der Waals surface area contributed by atoms with Gasteiger partial charge in [-0.1, -0.05) is 12.1 Å². The number of non-ortho nitro benzene ring substituents is 1. The number of anilines is 1. The minimum atomic E-state index is -0.426. The number of pyridine rings is 1. The standard InChI is InChI=1S/C13H15N3O3/c1-9-8-12(15(2)6-7-17)10-4-3-5-11(16(18)19)13(10)14-9/h3-5,8,17H,6-7H2,1-2H3. The van der Waals surface area contributed by atoms with E-state index in [1.807, 2.05) is 18.0 Å². The molecule has 0 saturated carbocycles. The summed E-state index contributed by atoms with van der Waals surface area (Å²) < 4.78 is 0. The Bertz CT molecular complexity index is 628. The molecule has 0 unspecified atom stereocenters. The highest BCUT2D eigenvalue weighted by molar-refractivity contribution is 5.97. The number of fused-ring (bicyclic) bond motifs is 1. The highest BCUT2D eigenvalue weighted by Gasteiger charge is 2.16. The maximum atomic E-state index is 11.0. The van der Waals surface area contributed by atoms with E-state index in [-0.39, 0.29) is 12.3 Å². The van der Waals surface area contributed by atoms with Crippen molar-refractivity contribution in [2.24, 2.45) is 0 Å². The highest BCUT2D eigenvalue weighted by Crippen LogP contribution is 2.31. The topological polar surface area (TPSA) is 79.5 Å². The molecular weight excluding hydrogens is 246 g/mol. The van der Waals surface area contributed by atoms with E-state index in [0.717, 1.165) is 11.1 Å². The van der Waals surface area contributed by atoms with Gasteiger partial charge in [0.15, 0.2) is 5.52 Å². The van der Waals surface area contributed by atoms with E-state index in [4.69, 9.17) is 5.11 Å². The molecule has 0 radical (unpaired) electrons. The number of hydrogen-bond acceptors (Lipinski definition) is 5. The molecule has 1 N–H and O–H groups in total. The van der Waals surface area contributed by atoms with Crippen LogP contribution >= 0.6 is 0 Å². The van der Waals surface area contributed by atoms with Gasteiger partial charge in [-0.3, -0.25) is 10.1 Å². The van der Waals surface area contributed by atoms with Gasteiger partial charge in [-0.2, -0.15) is 0 Å². The van der Waals surface area contributed by atoms with Crippen molar-refractivity contribution in [1.29, 1.82) is 0 Å². The molecule has 0 bridgehead atoms. The number of benzene rings is 1. The molecule has 0 saturated heterocycles. The zero-order chi connectivity index (χ0) is 14.0. The van der Waals surface area contributed by atoms with Gasteiger partial charge in [0, 0.05) is 36.4 Å². The molecule has 1 aromatic heterocycles. The molecule has 1 heterocycles. The summed E-state index contributed by atoms with van der Waals surface area (Å²) in [5.41, 5.74) is 1.92. The lowest BCUT2D eigenvalue weighted by molar-refractivity contribution is -0.383. The Morgan fingerprint density at radius 2 is 2.21 bits per heavy atom. The molecule has 0 amide bonds. The lowest BCUT2D eigenvalue weighted by atomic mass is 10.1. The fourth-order valence-corrected chi connectivity index (χ4v) is 2.07. The molecule has 2 aromatic rings. The van der Waals surface area contributed by atoms with Gasteiger partial charge in [0.25, 0.3) is 5.69 Å². The van der Waals surface area contributed by atoms with Crippen molar-refractivity contribution in [2.45, 2.75) is 6.92 Å². The third kappa shape index (κ3) is 2.48. The first kappa shape index (κ1) is 13.2. The molecule has 0 spiro atoms. The average Bonchev–Trinajstić information content (AvgIpc) is 2.37. The van der Waals surface area contributed by atoms with Gasteiger partial charge in [0.2, 0.25) is 0 Å². The normalized spacial score (nSPS) is 10.7. The van der Waals surface area contributed by atoms with E-state index in [9.17, 15) is 10.1 Å². The van der Waals surface area contributed by atoms with Gasteiger partial charge in [-0.25, -0.2) is 4.98 Å². The molecule has 2 rings (SSSR count). The molecule has 100 valence electrons. The maximum absolute atomic E-state index is 11.0. The Hall–Kier alpha value is -2.21. The first-order valence-corrected chi connectivity index (χ1v) is 5.91. The Morgan fingerprint density at radius 1 is 1.47 bits per heavy atom. The van der Waals surface area contributed by atoms with Gasteiger partial charge in [-0.15, -0.1) is 0 Å². The third-order valence-electron chi connectivity index (χ3n) is 2.97. The first-order valence-electron chi connectivity index (χ1n) is 5.91. The van der Waals surface area contributed by atoms with Crippen molar-refractivity contribution in [1.82, 2.24) is 4.98 Å². The predicted octanol–water partition coefficient (Wildman–Crippen LogP) is 1.88. The van der Waals surface area contributed by atoms with Crippen LogP contribution in [0.25, 0.3) is 10.9 Å². The number of hydrogen-bond donors (Lipinski definition) is 1. The Kier molecular flexibility index (Phi) is 3.62. The predicted molar refractivity (Wildman–Crippen MR) is 73.5 cm³/mol. The number of nitro benzene ring substituents is 1. The second kappa shape index (κ2) is 5.19. The lowest BCUT2D eigenvalue weighted by Gasteiger charge is -2.20. The summed E-state index contributed by atoms with van der Waals surface area (Å²) in [5.74, 6) is 0. The molecule has 19 heavy (non-hydrogen) atoms. The van der Waals surface area contributed by atoms with Crippen molar-refractivity contribution >= 4 is 22.3 Å². The summed E-state index contributed by atoms with van der Waals surface area (Å²) in [6.45, 7) is 2.28. The largest absolute Gasteiger partial charge is 0.395 e. The van der Waals surface area contributed by atoms with Crippen molar-refractivity contribution in [3.05, 3.63) is 40.1 Å². The first-order chi connectivity index (χ1) is 9.04. The molecule has 6 heteroatoms. The Morgan fingerprint density at radius 3 is 2.84 bits per heavy atom. The minimum Gasteiger partial charge on any atom is -0.395 e. The number of para-hydroxylation sites is 1. The van der Waals surface area contributed by atoms with Crippen LogP contribution in [0.1, 0.15) is 5.69 Å². The second-order valence-electron chi connectivity index (χ2n) is 4.36. The monoisotopic (exact) mass is 261 g/mol. The van der Waals surface area contributed by atoms with Crippen LogP contribution in [0, 0.1) is 17.0 Å². The third-order valence-corrected chi connectivity index (χ3v) is 2.97. The highest BCUT2D eigenvalue weighted by atomic mass is 16.6. The summed E-state index contributed by atoms with van der Waals surface area (Å²) in [6.07, 6.45) is 0. The number of aliphatic hydroxyl groups is 1. The number of likely N-dealkylation sites (N-methyl/N-ethyl adjacent to an activating group) is 1. The number of aryl methyl sites for hydroxylation is 1. The van der Waals surface area contributed by atoms with Crippen molar-refractivity contribution in [2.75, 3.05) is 25.1 Å². The molecule has 0 aliphatic rings. The van der Waals surface area contributed by atoms with Gasteiger partial charge in [-0.05, 0) is 13.0 Å². The number of nitro groups is 1. The fraction of sp³-hybridized carbons (Fsp3) is 0.308. The molecule has 0 aliphatic heterocycles. The van der Waals surface area contributed by atoms with Crippen LogP contribution in [0.5, 0.6) is 0 Å². The van der Waals surface area contributed by atoms with E-state index >= 15 is 0 Å². The number of aromatic nitrogens is 1. The van der Waals surface area contributed by atoms with Crippen molar-refractivity contribution in [3.63, 3.8) is 0 Å². The zero-order valence-electron chi connectivity index (χ0n) is 10.8. The number of aliphatic hydroxyl groups excluding tert-OH is 1. The van der Waals surface area contributed by atoms with Crippen molar-refractivity contribution in [3.8, 4) is 0 Å². The molecule has 0 aliphatic carbocycles. The Balaban J connectivity index is 2.72. The van der Waals surface area contributed by atoms with E-state index in [1.54, 1.807) is 19.1 Å². The number of nitrogens with zero attached hydrogens (tertiary/aromatic N) is 3. The molecule has 0 fully saturated rings. The fourth-order valence-electron chi connectivity index (χ4n) is 2.07. The average molecular weight is 261 g/mol.